The van der Waals surface area contributed by atoms with Gasteiger partial charge in [-0.15, -0.1) is 0 Å². The van der Waals surface area contributed by atoms with Gasteiger partial charge in [0.15, 0.2) is 0 Å². The van der Waals surface area contributed by atoms with Crippen LogP contribution in [0.25, 0.3) is 0 Å². The molecule has 24 heavy (non-hydrogen) atoms. The Morgan fingerprint density at radius 3 is 2.54 bits per heavy atom. The van der Waals surface area contributed by atoms with Gasteiger partial charge in [-0.3, -0.25) is 4.79 Å². The lowest BCUT2D eigenvalue weighted by atomic mass is 9.45. The van der Waals surface area contributed by atoms with Crippen LogP contribution in [0.4, 0.5) is 0 Å². The van der Waals surface area contributed by atoms with Crippen molar-refractivity contribution in [2.75, 3.05) is 0 Å². The number of hydrogen-bond donors (Lipinski definition) is 1. The predicted molar refractivity (Wildman–Crippen MR) is 93.3 cm³/mol. The Balaban J connectivity index is 1.60. The quantitative estimate of drug-likeness (QED) is 0.726. The van der Waals surface area contributed by atoms with Gasteiger partial charge in [0.2, 0.25) is 0 Å². The van der Waals surface area contributed by atoms with Crippen LogP contribution in [0.2, 0.25) is 0 Å². The summed E-state index contributed by atoms with van der Waals surface area (Å²) >= 11 is 0. The van der Waals surface area contributed by atoms with E-state index in [4.69, 9.17) is 4.74 Å². The van der Waals surface area contributed by atoms with Gasteiger partial charge in [0, 0.05) is 12.3 Å². The molecule has 136 valence electrons. The Morgan fingerprint density at radius 1 is 1.00 bits per heavy atom. The maximum Gasteiger partial charge on any atom is 0.302 e. The molecular formula is C21H34O3. The van der Waals surface area contributed by atoms with E-state index in [1.54, 1.807) is 0 Å². The Morgan fingerprint density at radius 2 is 1.79 bits per heavy atom. The van der Waals surface area contributed by atoms with E-state index in [-0.39, 0.29) is 17.5 Å². The Hall–Kier alpha value is -0.570. The molecule has 0 amide bonds. The number of aliphatic hydroxyl groups is 1. The normalized spacial score (nSPS) is 53.7. The molecule has 0 bridgehead atoms. The van der Waals surface area contributed by atoms with Gasteiger partial charge in [-0.05, 0) is 74.0 Å². The lowest BCUT2D eigenvalue weighted by Crippen LogP contribution is -2.53. The van der Waals surface area contributed by atoms with Crippen LogP contribution in [-0.2, 0) is 9.53 Å². The third-order valence-corrected chi connectivity index (χ3v) is 8.85. The molecule has 0 heterocycles. The highest BCUT2D eigenvalue weighted by atomic mass is 16.6. The van der Waals surface area contributed by atoms with Crippen LogP contribution in [-0.4, -0.2) is 23.3 Å². The molecular weight excluding hydrogens is 300 g/mol. The summed E-state index contributed by atoms with van der Waals surface area (Å²) in [6.45, 7) is 6.30. The maximum absolute atomic E-state index is 11.4. The molecule has 1 N–H and O–H groups in total. The minimum atomic E-state index is -0.482. The highest BCUT2D eigenvalue weighted by molar-refractivity contribution is 5.66. The van der Waals surface area contributed by atoms with E-state index in [2.05, 4.69) is 13.8 Å². The fraction of sp³-hybridized carbons (Fsp3) is 0.952. The Labute approximate surface area is 146 Å². The van der Waals surface area contributed by atoms with Crippen molar-refractivity contribution < 1.29 is 14.6 Å². The van der Waals surface area contributed by atoms with Crippen LogP contribution in [0.15, 0.2) is 0 Å². The highest BCUT2D eigenvalue weighted by Crippen LogP contribution is 2.66. The molecule has 0 saturated heterocycles. The third-order valence-electron chi connectivity index (χ3n) is 8.85. The zero-order valence-corrected chi connectivity index (χ0v) is 15.6. The van der Waals surface area contributed by atoms with Crippen molar-refractivity contribution in [2.45, 2.75) is 90.8 Å². The summed E-state index contributed by atoms with van der Waals surface area (Å²) in [5, 5.41) is 10.9. The lowest BCUT2D eigenvalue weighted by Gasteiger charge is -2.60. The number of carbonyl (C=O) groups is 1. The summed E-state index contributed by atoms with van der Waals surface area (Å²) in [6.07, 6.45) is 10.8. The largest absolute Gasteiger partial charge is 0.460 e. The fourth-order valence-electron chi connectivity index (χ4n) is 7.58. The molecule has 4 rings (SSSR count). The second-order valence-corrected chi connectivity index (χ2v) is 9.78. The van der Waals surface area contributed by atoms with E-state index in [0.717, 1.165) is 30.6 Å². The minimum absolute atomic E-state index is 0.0564. The second-order valence-electron chi connectivity index (χ2n) is 9.78. The first kappa shape index (κ1) is 16.9. The fourth-order valence-corrected chi connectivity index (χ4v) is 7.58. The van der Waals surface area contributed by atoms with Gasteiger partial charge in [0.25, 0.3) is 0 Å². The van der Waals surface area contributed by atoms with E-state index in [9.17, 15) is 9.90 Å². The molecule has 0 aromatic carbocycles. The standard InChI is InChI=1S/C21H34O3/c1-13(22)24-18-12-17-15-8-7-14-6-4-5-10-20(14,2)16(15)9-11-21(17,3)19(18)23/h14-19,23H,4-12H2,1-3H3/t14-,15-,16+,17-,18-,19-,20+,21-/m1/s1. The van der Waals surface area contributed by atoms with E-state index in [1.807, 2.05) is 0 Å². The van der Waals surface area contributed by atoms with Crippen LogP contribution in [0, 0.1) is 34.5 Å². The van der Waals surface area contributed by atoms with Crippen molar-refractivity contribution >= 4 is 5.97 Å². The second kappa shape index (κ2) is 5.72. The summed E-state index contributed by atoms with van der Waals surface area (Å²) < 4.78 is 5.50. The summed E-state index contributed by atoms with van der Waals surface area (Å²) in [7, 11) is 0. The molecule has 4 aliphatic carbocycles. The zero-order valence-electron chi connectivity index (χ0n) is 15.6. The summed E-state index contributed by atoms with van der Waals surface area (Å²) in [5.74, 6) is 2.74. The monoisotopic (exact) mass is 334 g/mol. The Bertz CT molecular complexity index is 517. The van der Waals surface area contributed by atoms with Gasteiger partial charge in [-0.2, -0.15) is 0 Å². The number of esters is 1. The van der Waals surface area contributed by atoms with Crippen molar-refractivity contribution in [3.63, 3.8) is 0 Å². The SMILES string of the molecule is CC(=O)O[C@@H]1C[C@@H]2[C@@H]3CC[C@H]4CCCC[C@]4(C)[C@H]3CC[C@@]2(C)[C@@H]1O. The van der Waals surface area contributed by atoms with Gasteiger partial charge >= 0.3 is 5.97 Å². The van der Waals surface area contributed by atoms with Crippen molar-refractivity contribution in [1.29, 1.82) is 0 Å². The van der Waals surface area contributed by atoms with Gasteiger partial charge in [0.05, 0.1) is 6.10 Å². The van der Waals surface area contributed by atoms with Crippen molar-refractivity contribution in [2.24, 2.45) is 34.5 Å². The van der Waals surface area contributed by atoms with Gasteiger partial charge in [0.1, 0.15) is 6.10 Å². The van der Waals surface area contributed by atoms with Crippen LogP contribution in [0.3, 0.4) is 0 Å². The minimum Gasteiger partial charge on any atom is -0.460 e. The molecule has 0 aromatic heterocycles. The maximum atomic E-state index is 11.4. The highest BCUT2D eigenvalue weighted by Gasteiger charge is 2.62. The molecule has 0 radical (unpaired) electrons. The van der Waals surface area contributed by atoms with Gasteiger partial charge < -0.3 is 9.84 Å². The molecule has 4 fully saturated rings. The van der Waals surface area contributed by atoms with E-state index in [0.29, 0.717) is 11.3 Å². The first-order valence-electron chi connectivity index (χ1n) is 10.2. The molecule has 3 heteroatoms. The van der Waals surface area contributed by atoms with Crippen LogP contribution in [0.5, 0.6) is 0 Å². The molecule has 0 unspecified atom stereocenters. The van der Waals surface area contributed by atoms with Crippen LogP contribution >= 0.6 is 0 Å². The number of carbonyl (C=O) groups excluding carboxylic acids is 1. The number of rotatable bonds is 1. The molecule has 0 aliphatic heterocycles. The average molecular weight is 335 g/mol. The molecule has 4 saturated carbocycles. The van der Waals surface area contributed by atoms with Crippen molar-refractivity contribution in [3.05, 3.63) is 0 Å². The van der Waals surface area contributed by atoms with Gasteiger partial charge in [-0.1, -0.05) is 26.7 Å². The lowest BCUT2D eigenvalue weighted by molar-refractivity contribution is -0.154. The first-order valence-corrected chi connectivity index (χ1v) is 10.2. The summed E-state index contributed by atoms with van der Waals surface area (Å²) in [5.41, 5.74) is 0.464. The van der Waals surface area contributed by atoms with Gasteiger partial charge in [-0.25, -0.2) is 0 Å². The van der Waals surface area contributed by atoms with Crippen molar-refractivity contribution in [3.8, 4) is 0 Å². The molecule has 8 atom stereocenters. The summed E-state index contributed by atoms with van der Waals surface area (Å²) in [4.78, 5) is 11.4. The zero-order chi connectivity index (χ0) is 17.1. The number of hydrogen-bond acceptors (Lipinski definition) is 3. The topological polar surface area (TPSA) is 46.5 Å². The predicted octanol–water partition coefficient (Wildman–Crippen LogP) is 4.32. The van der Waals surface area contributed by atoms with E-state index >= 15 is 0 Å². The number of fused-ring (bicyclic) bond motifs is 5. The van der Waals surface area contributed by atoms with Crippen molar-refractivity contribution in [1.82, 2.24) is 0 Å². The number of aliphatic hydroxyl groups excluding tert-OH is 1. The van der Waals surface area contributed by atoms with Crippen LogP contribution in [0.1, 0.15) is 78.6 Å². The molecule has 0 aromatic rings. The third kappa shape index (κ3) is 2.29. The van der Waals surface area contributed by atoms with Crippen LogP contribution < -0.4 is 0 Å². The molecule has 3 nitrogen and oxygen atoms in total. The smallest absolute Gasteiger partial charge is 0.302 e. The average Bonchev–Trinajstić information content (AvgIpc) is 2.78. The van der Waals surface area contributed by atoms with E-state index < -0.39 is 6.10 Å². The molecule has 0 spiro atoms. The van der Waals surface area contributed by atoms with E-state index in [1.165, 1.54) is 51.9 Å². The first-order chi connectivity index (χ1) is 11.4. The Kier molecular flexibility index (Phi) is 4.02. The molecule has 4 aliphatic rings. The number of ether oxygens (including phenoxy) is 1. The summed E-state index contributed by atoms with van der Waals surface area (Å²) in [6, 6.07) is 0.